The highest BCUT2D eigenvalue weighted by molar-refractivity contribution is 6.06. The molecule has 0 spiro atoms. The minimum absolute atomic E-state index is 0.219. The fraction of sp³-hybridized carbons (Fsp3) is 0.0556. The second-order valence-corrected chi connectivity index (χ2v) is 4.81. The van der Waals surface area contributed by atoms with Crippen LogP contribution in [0.4, 0.5) is 15.8 Å². The molecule has 0 saturated carbocycles. The van der Waals surface area contributed by atoms with Crippen LogP contribution in [-0.4, -0.2) is 19.0 Å². The number of anilines is 2. The van der Waals surface area contributed by atoms with Gasteiger partial charge >= 0.3 is 5.97 Å². The summed E-state index contributed by atoms with van der Waals surface area (Å²) in [5.41, 5.74) is 0.778. The maximum Gasteiger partial charge on any atom is 0.339 e. The third-order valence-corrected chi connectivity index (χ3v) is 3.17. The van der Waals surface area contributed by atoms with Crippen LogP contribution in [0.5, 0.6) is 0 Å². The van der Waals surface area contributed by atoms with Crippen LogP contribution in [0.25, 0.3) is 0 Å². The van der Waals surface area contributed by atoms with Crippen molar-refractivity contribution in [1.29, 1.82) is 5.26 Å². The van der Waals surface area contributed by atoms with E-state index in [1.165, 1.54) is 37.6 Å². The first-order valence-electron chi connectivity index (χ1n) is 7.16. The van der Waals surface area contributed by atoms with E-state index in [2.05, 4.69) is 15.4 Å². The summed E-state index contributed by atoms with van der Waals surface area (Å²) >= 11 is 0. The molecule has 0 unspecified atom stereocenters. The molecule has 25 heavy (non-hydrogen) atoms. The van der Waals surface area contributed by atoms with E-state index in [1.807, 2.05) is 0 Å². The molecule has 2 aromatic carbocycles. The van der Waals surface area contributed by atoms with E-state index in [4.69, 9.17) is 5.26 Å². The van der Waals surface area contributed by atoms with Crippen molar-refractivity contribution in [2.24, 2.45) is 0 Å². The van der Waals surface area contributed by atoms with Gasteiger partial charge in [-0.15, -0.1) is 0 Å². The molecule has 0 heterocycles. The van der Waals surface area contributed by atoms with Crippen LogP contribution in [0.2, 0.25) is 0 Å². The summed E-state index contributed by atoms with van der Waals surface area (Å²) in [4.78, 5) is 23.8. The van der Waals surface area contributed by atoms with Gasteiger partial charge in [-0.2, -0.15) is 5.26 Å². The number of amides is 1. The normalized spacial score (nSPS) is 10.5. The van der Waals surface area contributed by atoms with E-state index in [1.54, 1.807) is 30.3 Å². The molecule has 7 heteroatoms. The molecular formula is C18H14FN3O3. The Balaban J connectivity index is 2.15. The Bertz CT molecular complexity index is 855. The summed E-state index contributed by atoms with van der Waals surface area (Å²) in [6, 6.07) is 13.4. The lowest BCUT2D eigenvalue weighted by Gasteiger charge is -2.08. The predicted molar refractivity (Wildman–Crippen MR) is 90.1 cm³/mol. The van der Waals surface area contributed by atoms with Gasteiger partial charge in [0, 0.05) is 11.9 Å². The molecule has 0 aromatic heterocycles. The molecule has 2 aromatic rings. The van der Waals surface area contributed by atoms with E-state index in [0.717, 1.165) is 0 Å². The lowest BCUT2D eigenvalue weighted by atomic mass is 10.2. The van der Waals surface area contributed by atoms with Crippen LogP contribution in [-0.2, 0) is 9.53 Å². The Morgan fingerprint density at radius 1 is 1.16 bits per heavy atom. The fourth-order valence-corrected chi connectivity index (χ4v) is 1.93. The maximum absolute atomic E-state index is 12.9. The van der Waals surface area contributed by atoms with Gasteiger partial charge in [-0.25, -0.2) is 9.18 Å². The first-order valence-corrected chi connectivity index (χ1v) is 7.16. The Kier molecular flexibility index (Phi) is 5.85. The standard InChI is InChI=1S/C18H14FN3O3/c1-25-18(24)15-4-2-3-5-16(15)21-11-12(10-20)17(23)22-14-8-6-13(19)7-9-14/h2-9,11,21H,1H3,(H,22,23)/b12-11-. The average molecular weight is 339 g/mol. The number of esters is 1. The van der Waals surface area contributed by atoms with E-state index < -0.39 is 17.7 Å². The minimum atomic E-state index is -0.669. The van der Waals surface area contributed by atoms with Gasteiger partial charge in [0.1, 0.15) is 17.5 Å². The molecular weight excluding hydrogens is 325 g/mol. The van der Waals surface area contributed by atoms with Crippen LogP contribution < -0.4 is 10.6 Å². The molecule has 0 aliphatic heterocycles. The van der Waals surface area contributed by atoms with E-state index >= 15 is 0 Å². The van der Waals surface area contributed by atoms with Crippen molar-refractivity contribution in [3.8, 4) is 6.07 Å². The first-order chi connectivity index (χ1) is 12.0. The molecule has 0 atom stereocenters. The number of carbonyl (C=O) groups is 2. The van der Waals surface area contributed by atoms with Gasteiger partial charge in [0.2, 0.25) is 0 Å². The number of hydrogen-bond acceptors (Lipinski definition) is 5. The third kappa shape index (κ3) is 4.65. The first kappa shape index (κ1) is 17.7. The number of nitriles is 1. The Labute approximate surface area is 143 Å². The van der Waals surface area contributed by atoms with Crippen LogP contribution in [0.15, 0.2) is 60.3 Å². The summed E-state index contributed by atoms with van der Waals surface area (Å²) in [5, 5.41) is 14.4. The summed E-state index contributed by atoms with van der Waals surface area (Å²) in [5.74, 6) is -1.65. The molecule has 126 valence electrons. The molecule has 1 amide bonds. The SMILES string of the molecule is COC(=O)c1ccccc1N/C=C(/C#N)C(=O)Nc1ccc(F)cc1. The molecule has 0 bridgehead atoms. The van der Waals surface area contributed by atoms with Gasteiger partial charge in [0.05, 0.1) is 18.4 Å². The van der Waals surface area contributed by atoms with Crippen molar-refractivity contribution in [2.75, 3.05) is 17.7 Å². The molecule has 0 fully saturated rings. The quantitative estimate of drug-likeness (QED) is 0.496. The zero-order chi connectivity index (χ0) is 18.2. The van der Waals surface area contributed by atoms with Crippen molar-refractivity contribution < 1.29 is 18.7 Å². The number of halogens is 1. The van der Waals surface area contributed by atoms with E-state index in [0.29, 0.717) is 11.4 Å². The fourth-order valence-electron chi connectivity index (χ4n) is 1.93. The number of hydrogen-bond donors (Lipinski definition) is 2. The van der Waals surface area contributed by atoms with Gasteiger partial charge in [0.25, 0.3) is 5.91 Å². The predicted octanol–water partition coefficient (Wildman–Crippen LogP) is 3.07. The van der Waals surface area contributed by atoms with E-state index in [9.17, 15) is 14.0 Å². The molecule has 6 nitrogen and oxygen atoms in total. The number of rotatable bonds is 5. The van der Waals surface area contributed by atoms with Crippen LogP contribution in [0.3, 0.4) is 0 Å². The van der Waals surface area contributed by atoms with Crippen molar-refractivity contribution in [3.05, 3.63) is 71.7 Å². The third-order valence-electron chi connectivity index (χ3n) is 3.17. The highest BCUT2D eigenvalue weighted by Gasteiger charge is 2.12. The van der Waals surface area contributed by atoms with Crippen molar-refractivity contribution >= 4 is 23.3 Å². The molecule has 0 radical (unpaired) electrons. The topological polar surface area (TPSA) is 91.2 Å². The number of methoxy groups -OCH3 is 1. The molecule has 2 N–H and O–H groups in total. The summed E-state index contributed by atoms with van der Waals surface area (Å²) in [6.07, 6.45) is 1.18. The van der Waals surface area contributed by atoms with Crippen molar-refractivity contribution in [2.45, 2.75) is 0 Å². The largest absolute Gasteiger partial charge is 0.465 e. The van der Waals surface area contributed by atoms with Gasteiger partial charge < -0.3 is 15.4 Å². The second-order valence-electron chi connectivity index (χ2n) is 4.81. The van der Waals surface area contributed by atoms with Gasteiger partial charge in [-0.3, -0.25) is 4.79 Å². The minimum Gasteiger partial charge on any atom is -0.465 e. The Hall–Kier alpha value is -3.66. The number of carbonyl (C=O) groups excluding carboxylic acids is 2. The maximum atomic E-state index is 12.9. The molecule has 0 aliphatic rings. The Morgan fingerprint density at radius 3 is 2.48 bits per heavy atom. The Morgan fingerprint density at radius 2 is 1.84 bits per heavy atom. The number of nitrogens with zero attached hydrogens (tertiary/aromatic N) is 1. The smallest absolute Gasteiger partial charge is 0.339 e. The zero-order valence-corrected chi connectivity index (χ0v) is 13.2. The number of ether oxygens (including phenoxy) is 1. The molecule has 0 saturated heterocycles. The lowest BCUT2D eigenvalue weighted by Crippen LogP contribution is -2.15. The number of para-hydroxylation sites is 1. The monoisotopic (exact) mass is 339 g/mol. The van der Waals surface area contributed by atoms with Crippen LogP contribution >= 0.6 is 0 Å². The molecule has 0 aliphatic carbocycles. The zero-order valence-electron chi connectivity index (χ0n) is 13.2. The van der Waals surface area contributed by atoms with Gasteiger partial charge in [0.15, 0.2) is 0 Å². The van der Waals surface area contributed by atoms with Crippen molar-refractivity contribution in [3.63, 3.8) is 0 Å². The summed E-state index contributed by atoms with van der Waals surface area (Å²) in [6.45, 7) is 0. The van der Waals surface area contributed by atoms with Gasteiger partial charge in [-0.05, 0) is 36.4 Å². The highest BCUT2D eigenvalue weighted by atomic mass is 19.1. The van der Waals surface area contributed by atoms with Crippen LogP contribution in [0, 0.1) is 17.1 Å². The van der Waals surface area contributed by atoms with Gasteiger partial charge in [-0.1, -0.05) is 12.1 Å². The van der Waals surface area contributed by atoms with Crippen LogP contribution in [0.1, 0.15) is 10.4 Å². The number of nitrogens with one attached hydrogen (secondary N) is 2. The van der Waals surface area contributed by atoms with Crippen molar-refractivity contribution in [1.82, 2.24) is 0 Å². The average Bonchev–Trinajstić information content (AvgIpc) is 2.64. The molecule has 2 rings (SSSR count). The highest BCUT2D eigenvalue weighted by Crippen LogP contribution is 2.17. The summed E-state index contributed by atoms with van der Waals surface area (Å²) < 4.78 is 17.5. The lowest BCUT2D eigenvalue weighted by molar-refractivity contribution is -0.112. The second kappa shape index (κ2) is 8.26. The summed E-state index contributed by atoms with van der Waals surface area (Å²) in [7, 11) is 1.26. The van der Waals surface area contributed by atoms with E-state index in [-0.39, 0.29) is 11.1 Å². The number of benzene rings is 2.